The van der Waals surface area contributed by atoms with Crippen molar-refractivity contribution in [1.82, 2.24) is 0 Å². The molecule has 4 unspecified atom stereocenters. The minimum Gasteiger partial charge on any atom is -0.448 e. The van der Waals surface area contributed by atoms with Gasteiger partial charge in [-0.25, -0.2) is 4.39 Å². The van der Waals surface area contributed by atoms with Gasteiger partial charge < -0.3 is 9.47 Å². The number of nitriles is 3. The van der Waals surface area contributed by atoms with E-state index >= 15 is 0 Å². The Kier molecular flexibility index (Phi) is 3.96. The van der Waals surface area contributed by atoms with E-state index in [-0.39, 0.29) is 10.6 Å². The molecule has 2 aliphatic heterocycles. The highest BCUT2D eigenvalue weighted by Gasteiger charge is 2.79. The lowest BCUT2D eigenvalue weighted by molar-refractivity contribution is -0.273. The molecular formula is C18H14ClFN4O2. The SMILES string of the molecule is CCC1C2(C)OC(=N)C1(C#N)C(C#N)(C#N)C(c1c(F)cccc1Cl)O2. The van der Waals surface area contributed by atoms with Crippen molar-refractivity contribution in [2.75, 3.05) is 0 Å². The summed E-state index contributed by atoms with van der Waals surface area (Å²) in [6.07, 6.45) is -1.18. The Bertz CT molecular complexity index is 896. The minimum absolute atomic E-state index is 0.0394. The monoisotopic (exact) mass is 372 g/mol. The average Bonchev–Trinajstić information content (AvgIpc) is 2.78. The summed E-state index contributed by atoms with van der Waals surface area (Å²) in [7, 11) is 0. The van der Waals surface area contributed by atoms with Crippen LogP contribution >= 0.6 is 11.6 Å². The first-order valence-corrected chi connectivity index (χ1v) is 8.29. The lowest BCUT2D eigenvalue weighted by atomic mass is 9.53. The van der Waals surface area contributed by atoms with Gasteiger partial charge in [0.2, 0.25) is 17.1 Å². The molecule has 2 saturated heterocycles. The molecule has 26 heavy (non-hydrogen) atoms. The van der Waals surface area contributed by atoms with E-state index < -0.39 is 40.4 Å². The van der Waals surface area contributed by atoms with Gasteiger partial charge in [0.1, 0.15) is 11.9 Å². The molecular weight excluding hydrogens is 359 g/mol. The number of fused-ring (bicyclic) bond motifs is 2. The zero-order chi connectivity index (χ0) is 19.3. The van der Waals surface area contributed by atoms with E-state index in [1.54, 1.807) is 6.92 Å². The standard InChI is InChI=1S/C18H14ClFN4O2/c1-3-12-16(2)25-14(13-10(19)5-4-6-11(13)20)17(7-21,8-22)18(12,9-23)15(24)26-16/h4-6,12,14,24H,3H2,1-2H3. The Morgan fingerprint density at radius 3 is 2.42 bits per heavy atom. The Morgan fingerprint density at radius 1 is 1.27 bits per heavy atom. The normalized spacial score (nSPS) is 34.3. The third-order valence-corrected chi connectivity index (χ3v) is 5.71. The minimum atomic E-state index is -2.21. The van der Waals surface area contributed by atoms with Crippen LogP contribution in [0, 0.1) is 62.0 Å². The number of nitrogens with one attached hydrogen (secondary N) is 1. The topological polar surface area (TPSA) is 114 Å². The van der Waals surface area contributed by atoms with Crippen LogP contribution in [0.4, 0.5) is 4.39 Å². The summed E-state index contributed by atoms with van der Waals surface area (Å²) in [6.45, 7) is 3.27. The lowest BCUT2D eigenvalue weighted by Gasteiger charge is -2.48. The fourth-order valence-electron chi connectivity index (χ4n) is 4.24. The molecule has 0 aromatic heterocycles. The van der Waals surface area contributed by atoms with Gasteiger partial charge in [-0.3, -0.25) is 5.41 Å². The highest BCUT2D eigenvalue weighted by Crippen LogP contribution is 2.67. The Balaban J connectivity index is 2.40. The Morgan fingerprint density at radius 2 is 1.92 bits per heavy atom. The van der Waals surface area contributed by atoms with Gasteiger partial charge in [-0.15, -0.1) is 0 Å². The molecule has 0 radical (unpaired) electrons. The molecule has 2 aliphatic rings. The van der Waals surface area contributed by atoms with E-state index in [9.17, 15) is 20.2 Å². The maximum absolute atomic E-state index is 14.6. The van der Waals surface area contributed by atoms with Gasteiger partial charge in [-0.05, 0) is 18.6 Å². The molecule has 6 nitrogen and oxygen atoms in total. The number of halogens is 2. The van der Waals surface area contributed by atoms with Crippen molar-refractivity contribution < 1.29 is 13.9 Å². The van der Waals surface area contributed by atoms with E-state index in [0.717, 1.165) is 6.07 Å². The maximum Gasteiger partial charge on any atom is 0.214 e. The zero-order valence-electron chi connectivity index (χ0n) is 14.0. The number of nitrogens with zero attached hydrogens (tertiary/aromatic N) is 3. The summed E-state index contributed by atoms with van der Waals surface area (Å²) in [5.41, 5.74) is -4.31. The highest BCUT2D eigenvalue weighted by molar-refractivity contribution is 6.31. The second-order valence-electron chi connectivity index (χ2n) is 6.49. The predicted molar refractivity (Wildman–Crippen MR) is 87.9 cm³/mol. The summed E-state index contributed by atoms with van der Waals surface area (Å²) in [4.78, 5) is 0. The third kappa shape index (κ3) is 1.84. The van der Waals surface area contributed by atoms with Gasteiger partial charge in [0, 0.05) is 17.5 Å². The molecule has 0 aliphatic carbocycles. The van der Waals surface area contributed by atoms with Crippen LogP contribution in [0.3, 0.4) is 0 Å². The van der Waals surface area contributed by atoms with Crippen LogP contribution in [0.5, 0.6) is 0 Å². The van der Waals surface area contributed by atoms with Gasteiger partial charge in [0.15, 0.2) is 5.41 Å². The van der Waals surface area contributed by atoms with E-state index in [1.807, 2.05) is 18.2 Å². The van der Waals surface area contributed by atoms with Crippen LogP contribution < -0.4 is 0 Å². The van der Waals surface area contributed by atoms with E-state index in [4.69, 9.17) is 26.5 Å². The molecule has 2 fully saturated rings. The number of hydrogen-bond donors (Lipinski definition) is 1. The van der Waals surface area contributed by atoms with Crippen molar-refractivity contribution in [2.24, 2.45) is 16.7 Å². The van der Waals surface area contributed by atoms with E-state index in [1.165, 1.54) is 19.1 Å². The molecule has 1 N–H and O–H groups in total. The molecule has 8 heteroatoms. The summed E-state index contributed by atoms with van der Waals surface area (Å²) in [5, 5.41) is 38.1. The molecule has 1 aromatic carbocycles. The first-order valence-electron chi connectivity index (χ1n) is 7.91. The smallest absolute Gasteiger partial charge is 0.214 e. The lowest BCUT2D eigenvalue weighted by Crippen LogP contribution is -2.58. The number of ether oxygens (including phenoxy) is 2. The van der Waals surface area contributed by atoms with Crippen LogP contribution in [0.15, 0.2) is 18.2 Å². The fourth-order valence-corrected chi connectivity index (χ4v) is 4.51. The zero-order valence-corrected chi connectivity index (χ0v) is 14.8. The Hall–Kier alpha value is -2.66. The van der Waals surface area contributed by atoms with Gasteiger partial charge in [-0.2, -0.15) is 15.8 Å². The molecule has 132 valence electrons. The molecule has 0 spiro atoms. The first kappa shape index (κ1) is 18.1. The van der Waals surface area contributed by atoms with Gasteiger partial charge in [0.05, 0.1) is 24.1 Å². The number of hydrogen-bond acceptors (Lipinski definition) is 6. The number of benzene rings is 1. The first-order chi connectivity index (χ1) is 12.3. The van der Waals surface area contributed by atoms with Crippen molar-refractivity contribution in [1.29, 1.82) is 21.2 Å². The van der Waals surface area contributed by atoms with Crippen molar-refractivity contribution in [2.45, 2.75) is 32.2 Å². The largest absolute Gasteiger partial charge is 0.448 e. The molecule has 2 bridgehead atoms. The van der Waals surface area contributed by atoms with E-state index in [0.29, 0.717) is 6.42 Å². The molecule has 2 heterocycles. The van der Waals surface area contributed by atoms with Crippen LogP contribution in [-0.4, -0.2) is 11.7 Å². The van der Waals surface area contributed by atoms with Crippen molar-refractivity contribution in [3.8, 4) is 18.2 Å². The van der Waals surface area contributed by atoms with Crippen molar-refractivity contribution in [3.05, 3.63) is 34.6 Å². The summed E-state index contributed by atoms with van der Waals surface area (Å²) in [6, 6.07) is 9.59. The predicted octanol–water partition coefficient (Wildman–Crippen LogP) is 3.84. The molecule has 0 amide bonds. The van der Waals surface area contributed by atoms with Crippen LogP contribution in [0.25, 0.3) is 0 Å². The average molecular weight is 373 g/mol. The van der Waals surface area contributed by atoms with Gasteiger partial charge in [-0.1, -0.05) is 24.6 Å². The second-order valence-corrected chi connectivity index (χ2v) is 6.90. The Labute approximate surface area is 154 Å². The summed E-state index contributed by atoms with van der Waals surface area (Å²) in [5.74, 6) is -3.51. The fraction of sp³-hybridized carbons (Fsp3) is 0.444. The summed E-state index contributed by atoms with van der Waals surface area (Å²) >= 11 is 6.14. The number of rotatable bonds is 2. The van der Waals surface area contributed by atoms with Crippen molar-refractivity contribution >= 4 is 17.5 Å². The van der Waals surface area contributed by atoms with Crippen LogP contribution in [0.1, 0.15) is 31.9 Å². The highest BCUT2D eigenvalue weighted by atomic mass is 35.5. The quantitative estimate of drug-likeness (QED) is 0.846. The maximum atomic E-state index is 14.6. The van der Waals surface area contributed by atoms with E-state index in [2.05, 4.69) is 0 Å². The van der Waals surface area contributed by atoms with Crippen molar-refractivity contribution in [3.63, 3.8) is 0 Å². The summed E-state index contributed by atoms with van der Waals surface area (Å²) < 4.78 is 26.1. The van der Waals surface area contributed by atoms with Crippen LogP contribution in [0.2, 0.25) is 5.02 Å². The molecule has 4 atom stereocenters. The second kappa shape index (κ2) is 5.68. The van der Waals surface area contributed by atoms with Crippen LogP contribution in [-0.2, 0) is 9.47 Å². The van der Waals surface area contributed by atoms with Gasteiger partial charge in [0.25, 0.3) is 0 Å². The molecule has 3 rings (SSSR count). The third-order valence-electron chi connectivity index (χ3n) is 5.38. The molecule has 0 saturated carbocycles. The molecule has 1 aromatic rings. The van der Waals surface area contributed by atoms with Gasteiger partial charge >= 0.3 is 0 Å².